The van der Waals surface area contributed by atoms with Gasteiger partial charge in [0.2, 0.25) is 5.91 Å². The molecule has 11 heteroatoms. The van der Waals surface area contributed by atoms with Gasteiger partial charge in [-0.05, 0) is 60.9 Å². The van der Waals surface area contributed by atoms with Crippen LogP contribution in [0.1, 0.15) is 24.8 Å². The minimum Gasteiger partial charge on any atom is -0.496 e. The maximum Gasteiger partial charge on any atom is 0.308 e. The maximum absolute atomic E-state index is 13.9. The molecule has 0 bridgehead atoms. The Morgan fingerprint density at radius 3 is 2.44 bits per heavy atom. The second-order valence-electron chi connectivity index (χ2n) is 7.75. The third-order valence-electron chi connectivity index (χ3n) is 5.63. The summed E-state index contributed by atoms with van der Waals surface area (Å²) >= 11 is 5.86. The molecule has 182 valence electrons. The van der Waals surface area contributed by atoms with Gasteiger partial charge in [-0.25, -0.2) is 17.1 Å². The van der Waals surface area contributed by atoms with Gasteiger partial charge in [-0.2, -0.15) is 0 Å². The number of nitrogens with zero attached hydrogens (tertiary/aromatic N) is 1. The van der Waals surface area contributed by atoms with Crippen LogP contribution < -0.4 is 4.74 Å². The van der Waals surface area contributed by atoms with Gasteiger partial charge in [-0.1, -0.05) is 11.6 Å². The second kappa shape index (κ2) is 10.5. The molecule has 0 radical (unpaired) electrons. The van der Waals surface area contributed by atoms with Crippen LogP contribution in [0.5, 0.6) is 5.75 Å². The first-order valence-electron chi connectivity index (χ1n) is 10.3. The molecule has 0 aliphatic carbocycles. The van der Waals surface area contributed by atoms with Crippen molar-refractivity contribution in [1.29, 1.82) is 0 Å². The van der Waals surface area contributed by atoms with E-state index in [0.29, 0.717) is 15.6 Å². The average molecular weight is 512 g/mol. The van der Waals surface area contributed by atoms with Gasteiger partial charge in [0.05, 0.1) is 25.5 Å². The van der Waals surface area contributed by atoms with E-state index in [-0.39, 0.29) is 29.2 Å². The molecule has 0 aromatic heterocycles. The van der Waals surface area contributed by atoms with Gasteiger partial charge in [-0.15, -0.1) is 0 Å². The molecule has 1 aliphatic heterocycles. The largest absolute Gasteiger partial charge is 0.496 e. The lowest BCUT2D eigenvalue weighted by Crippen LogP contribution is -2.49. The number of esters is 1. The molecule has 1 heterocycles. The lowest BCUT2D eigenvalue weighted by molar-refractivity contribution is -0.145. The molecule has 0 unspecified atom stereocenters. The zero-order valence-electron chi connectivity index (χ0n) is 18.5. The maximum atomic E-state index is 13.9. The van der Waals surface area contributed by atoms with Crippen LogP contribution in [0.25, 0.3) is 0 Å². The summed E-state index contributed by atoms with van der Waals surface area (Å²) in [5.74, 6) is -3.52. The van der Waals surface area contributed by atoms with Gasteiger partial charge >= 0.3 is 5.97 Å². The molecule has 1 aliphatic rings. The Hall–Kier alpha value is -2.98. The SMILES string of the molecule is COC(=O)C[C@@H]1C(=O)CC[C@H](Cc2cc(F)ccc2OC)C(=O)N1S(=O)(=O)c1ccc(Cl)cc1. The summed E-state index contributed by atoms with van der Waals surface area (Å²) in [6.45, 7) is 0. The van der Waals surface area contributed by atoms with Crippen LogP contribution in [0.15, 0.2) is 47.4 Å². The zero-order valence-corrected chi connectivity index (χ0v) is 20.1. The lowest BCUT2D eigenvalue weighted by Gasteiger charge is -2.29. The Balaban J connectivity index is 2.08. The quantitative estimate of drug-likeness (QED) is 0.525. The van der Waals surface area contributed by atoms with E-state index in [2.05, 4.69) is 4.74 Å². The number of carbonyl (C=O) groups is 3. The number of ether oxygens (including phenoxy) is 2. The van der Waals surface area contributed by atoms with Gasteiger partial charge in [0.15, 0.2) is 5.78 Å². The van der Waals surface area contributed by atoms with Crippen LogP contribution in [-0.4, -0.2) is 50.6 Å². The van der Waals surface area contributed by atoms with Gasteiger partial charge in [0.1, 0.15) is 17.6 Å². The molecule has 2 aromatic rings. The van der Waals surface area contributed by atoms with Crippen molar-refractivity contribution in [3.05, 3.63) is 58.9 Å². The number of hydrogen-bond acceptors (Lipinski definition) is 7. The molecule has 0 spiro atoms. The number of methoxy groups -OCH3 is 2. The van der Waals surface area contributed by atoms with E-state index in [0.717, 1.165) is 7.11 Å². The van der Waals surface area contributed by atoms with Crippen molar-refractivity contribution < 1.29 is 36.7 Å². The molecule has 0 saturated carbocycles. The van der Waals surface area contributed by atoms with Crippen LogP contribution in [0, 0.1) is 11.7 Å². The van der Waals surface area contributed by atoms with Crippen molar-refractivity contribution in [2.75, 3.05) is 14.2 Å². The van der Waals surface area contributed by atoms with Crippen LogP contribution in [0.2, 0.25) is 5.02 Å². The number of ketones is 1. The van der Waals surface area contributed by atoms with E-state index in [4.69, 9.17) is 16.3 Å². The highest BCUT2D eigenvalue weighted by atomic mass is 35.5. The number of rotatable bonds is 7. The van der Waals surface area contributed by atoms with Crippen molar-refractivity contribution in [1.82, 2.24) is 4.31 Å². The van der Waals surface area contributed by atoms with Crippen LogP contribution in [-0.2, 0) is 35.6 Å². The summed E-state index contributed by atoms with van der Waals surface area (Å²) in [6, 6.07) is 7.32. The molecular weight excluding hydrogens is 489 g/mol. The monoisotopic (exact) mass is 511 g/mol. The van der Waals surface area contributed by atoms with Crippen LogP contribution in [0.4, 0.5) is 4.39 Å². The molecule has 1 amide bonds. The normalized spacial score (nSPS) is 19.0. The average Bonchev–Trinajstić information content (AvgIpc) is 2.91. The third kappa shape index (κ3) is 5.39. The number of halogens is 2. The number of carbonyl (C=O) groups excluding carboxylic acids is 3. The van der Waals surface area contributed by atoms with Crippen molar-refractivity contribution >= 4 is 39.3 Å². The van der Waals surface area contributed by atoms with Crippen LogP contribution in [0.3, 0.4) is 0 Å². The van der Waals surface area contributed by atoms with Crippen molar-refractivity contribution in [2.24, 2.45) is 5.92 Å². The molecule has 0 N–H and O–H groups in total. The molecule has 1 saturated heterocycles. The molecule has 2 aromatic carbocycles. The Morgan fingerprint density at radius 1 is 1.15 bits per heavy atom. The second-order valence-corrected chi connectivity index (χ2v) is 10.0. The fourth-order valence-corrected chi connectivity index (χ4v) is 5.62. The molecular formula is C23H23ClFNO7S. The highest BCUT2D eigenvalue weighted by Gasteiger charge is 2.45. The predicted octanol–water partition coefficient (Wildman–Crippen LogP) is 3.16. The minimum absolute atomic E-state index is 0.0155. The molecule has 1 fully saturated rings. The number of sulfonamides is 1. The van der Waals surface area contributed by atoms with E-state index in [9.17, 15) is 27.2 Å². The van der Waals surface area contributed by atoms with Gasteiger partial charge in [0.25, 0.3) is 10.0 Å². The topological polar surface area (TPSA) is 107 Å². The Kier molecular flexibility index (Phi) is 7.93. The molecule has 8 nitrogen and oxygen atoms in total. The summed E-state index contributed by atoms with van der Waals surface area (Å²) < 4.78 is 51.3. The Bertz CT molecular complexity index is 1200. The van der Waals surface area contributed by atoms with Crippen molar-refractivity contribution in [2.45, 2.75) is 36.6 Å². The minimum atomic E-state index is -4.55. The summed E-state index contributed by atoms with van der Waals surface area (Å²) in [6.07, 6.45) is -0.821. The highest BCUT2D eigenvalue weighted by molar-refractivity contribution is 7.89. The lowest BCUT2D eigenvalue weighted by atomic mass is 9.93. The first kappa shape index (κ1) is 25.6. The molecule has 34 heavy (non-hydrogen) atoms. The van der Waals surface area contributed by atoms with Gasteiger partial charge < -0.3 is 9.47 Å². The smallest absolute Gasteiger partial charge is 0.308 e. The Morgan fingerprint density at radius 2 is 1.82 bits per heavy atom. The van der Waals surface area contributed by atoms with E-state index < -0.39 is 51.9 Å². The van der Waals surface area contributed by atoms with Gasteiger partial charge in [0, 0.05) is 17.4 Å². The fourth-order valence-electron chi connectivity index (χ4n) is 3.88. The zero-order chi connectivity index (χ0) is 25.0. The predicted molar refractivity (Wildman–Crippen MR) is 120 cm³/mol. The number of Topliss-reactive ketones (excluding diaryl/α,β-unsaturated/α-hetero) is 1. The van der Waals surface area contributed by atoms with E-state index in [1.807, 2.05) is 0 Å². The van der Waals surface area contributed by atoms with Crippen LogP contribution >= 0.6 is 11.6 Å². The number of hydrogen-bond donors (Lipinski definition) is 0. The van der Waals surface area contributed by atoms with Crippen molar-refractivity contribution in [3.8, 4) is 5.75 Å². The fraction of sp³-hybridized carbons (Fsp3) is 0.348. The van der Waals surface area contributed by atoms with E-state index in [1.165, 1.54) is 49.6 Å². The Labute approximate surface area is 201 Å². The summed E-state index contributed by atoms with van der Waals surface area (Å²) in [5, 5.41) is 0.277. The van der Waals surface area contributed by atoms with E-state index >= 15 is 0 Å². The molecule has 3 rings (SSSR count). The molecule has 2 atom stereocenters. The number of benzene rings is 2. The summed E-state index contributed by atoms with van der Waals surface area (Å²) in [4.78, 5) is 38.3. The first-order chi connectivity index (χ1) is 16.1. The van der Waals surface area contributed by atoms with E-state index in [1.54, 1.807) is 0 Å². The van der Waals surface area contributed by atoms with Gasteiger partial charge in [-0.3, -0.25) is 14.4 Å². The first-order valence-corrected chi connectivity index (χ1v) is 12.2. The highest BCUT2D eigenvalue weighted by Crippen LogP contribution is 2.32. The van der Waals surface area contributed by atoms with Crippen molar-refractivity contribution in [3.63, 3.8) is 0 Å². The summed E-state index contributed by atoms with van der Waals surface area (Å²) in [5.41, 5.74) is 0.351. The standard InChI is InChI=1S/C23H23ClFNO7S/c1-32-21-10-6-17(25)12-15(21)11-14-3-9-20(27)19(13-22(28)33-2)26(23(14)29)34(30,31)18-7-4-16(24)5-8-18/h4-8,10,12,14,19H,3,9,11,13H2,1-2H3/t14-,19-/m1/s1. The summed E-state index contributed by atoms with van der Waals surface area (Å²) in [7, 11) is -2.06. The number of amides is 1. The third-order valence-corrected chi connectivity index (χ3v) is 7.70.